The number of benzene rings is 1. The van der Waals surface area contributed by atoms with Crippen LogP contribution in [-0.2, 0) is 0 Å². The number of piperidine rings is 1. The highest BCUT2D eigenvalue weighted by Crippen LogP contribution is 2.26. The molecule has 1 atom stereocenters. The van der Waals surface area contributed by atoms with Crippen LogP contribution in [0.1, 0.15) is 54.4 Å². The van der Waals surface area contributed by atoms with Crippen molar-refractivity contribution >= 4 is 15.1 Å². The van der Waals surface area contributed by atoms with Gasteiger partial charge in [-0.05, 0) is 52.7 Å². The first-order valence-electron chi connectivity index (χ1n) is 8.91. The van der Waals surface area contributed by atoms with Gasteiger partial charge in [0.1, 0.15) is 0 Å². The Morgan fingerprint density at radius 1 is 0.957 bits per heavy atom. The van der Waals surface area contributed by atoms with Crippen molar-refractivity contribution < 1.29 is 0 Å². The molecule has 1 fully saturated rings. The van der Waals surface area contributed by atoms with E-state index in [2.05, 4.69) is 82.7 Å². The number of hydrogen-bond acceptors (Lipinski definition) is 3. The Balaban J connectivity index is 0.00000127. The normalized spacial score (nSPS) is 16.7. The molecule has 0 aromatic heterocycles. The van der Waals surface area contributed by atoms with E-state index in [0.717, 1.165) is 13.1 Å². The molecule has 0 bridgehead atoms. The third-order valence-electron chi connectivity index (χ3n) is 5.10. The summed E-state index contributed by atoms with van der Waals surface area (Å²) in [7, 11) is 2.65. The Labute approximate surface area is 145 Å². The lowest BCUT2D eigenvalue weighted by Crippen LogP contribution is -2.64. The Morgan fingerprint density at radius 3 is 1.96 bits per heavy atom. The van der Waals surface area contributed by atoms with Crippen LogP contribution in [0.15, 0.2) is 30.3 Å². The molecule has 1 heterocycles. The molecule has 1 aromatic rings. The molecule has 2 rings (SSSR count). The third-order valence-corrected chi connectivity index (χ3v) is 5.83. The zero-order valence-electron chi connectivity index (χ0n) is 15.8. The first-order chi connectivity index (χ1) is 10.9. The minimum Gasteiger partial charge on any atom is -0.371 e. The van der Waals surface area contributed by atoms with Crippen LogP contribution in [0.5, 0.6) is 0 Å². The lowest BCUT2D eigenvalue weighted by atomic mass is 9.82. The SMILES string of the molecule is CC.CC(C)(NP)C(C)(C)NC1CCN(c2ccccc2)CC1. The van der Waals surface area contributed by atoms with E-state index < -0.39 is 0 Å². The van der Waals surface area contributed by atoms with Crippen molar-refractivity contribution in [3.63, 3.8) is 0 Å². The Kier molecular flexibility index (Phi) is 8.00. The van der Waals surface area contributed by atoms with Gasteiger partial charge in [-0.15, -0.1) is 0 Å². The standard InChI is InChI=1S/C17H30N3P.C2H6/c1-16(2,17(3,4)19-21)18-14-10-12-20(13-11-14)15-8-6-5-7-9-15;1-2/h5-9,14,18-19H,10-13,21H2,1-4H3;1-2H3. The third kappa shape index (κ3) is 5.45. The number of anilines is 1. The van der Waals surface area contributed by atoms with Gasteiger partial charge in [0.05, 0.1) is 0 Å². The molecule has 1 aliphatic heterocycles. The average molecular weight is 337 g/mol. The van der Waals surface area contributed by atoms with Gasteiger partial charge in [0.25, 0.3) is 0 Å². The number of nitrogens with zero attached hydrogens (tertiary/aromatic N) is 1. The molecular weight excluding hydrogens is 301 g/mol. The lowest BCUT2D eigenvalue weighted by Gasteiger charge is -2.46. The fourth-order valence-corrected chi connectivity index (χ4v) is 3.15. The van der Waals surface area contributed by atoms with Crippen LogP contribution in [0.3, 0.4) is 0 Å². The molecular formula is C19H36N3P. The topological polar surface area (TPSA) is 27.3 Å². The van der Waals surface area contributed by atoms with Crippen molar-refractivity contribution in [3.05, 3.63) is 30.3 Å². The molecule has 2 N–H and O–H groups in total. The van der Waals surface area contributed by atoms with Crippen molar-refractivity contribution in [2.75, 3.05) is 18.0 Å². The van der Waals surface area contributed by atoms with Gasteiger partial charge in [0.2, 0.25) is 0 Å². The van der Waals surface area contributed by atoms with Gasteiger partial charge in [-0.3, -0.25) is 5.09 Å². The monoisotopic (exact) mass is 337 g/mol. The van der Waals surface area contributed by atoms with E-state index in [0.29, 0.717) is 6.04 Å². The summed E-state index contributed by atoms with van der Waals surface area (Å²) in [6.07, 6.45) is 2.40. The van der Waals surface area contributed by atoms with Gasteiger partial charge >= 0.3 is 0 Å². The minimum absolute atomic E-state index is 0.0359. The van der Waals surface area contributed by atoms with Crippen molar-refractivity contribution in [1.82, 2.24) is 10.4 Å². The van der Waals surface area contributed by atoms with Crippen LogP contribution in [0.2, 0.25) is 0 Å². The molecule has 0 radical (unpaired) electrons. The molecule has 3 nitrogen and oxygen atoms in total. The molecule has 23 heavy (non-hydrogen) atoms. The van der Waals surface area contributed by atoms with Gasteiger partial charge in [-0.2, -0.15) is 0 Å². The second-order valence-electron chi connectivity index (χ2n) is 7.14. The summed E-state index contributed by atoms with van der Waals surface area (Å²) in [5.74, 6) is 0. The number of rotatable bonds is 5. The van der Waals surface area contributed by atoms with Crippen LogP contribution in [0, 0.1) is 0 Å². The van der Waals surface area contributed by atoms with Gasteiger partial charge in [0, 0.05) is 35.9 Å². The van der Waals surface area contributed by atoms with Crippen LogP contribution in [0.25, 0.3) is 0 Å². The zero-order valence-corrected chi connectivity index (χ0v) is 17.0. The number of para-hydroxylation sites is 1. The van der Waals surface area contributed by atoms with Crippen LogP contribution in [-0.4, -0.2) is 30.2 Å². The fraction of sp³-hybridized carbons (Fsp3) is 0.684. The highest BCUT2D eigenvalue weighted by Gasteiger charge is 2.37. The van der Waals surface area contributed by atoms with E-state index in [1.807, 2.05) is 13.8 Å². The summed E-state index contributed by atoms with van der Waals surface area (Å²) in [5.41, 5.74) is 1.44. The fourth-order valence-electron chi connectivity index (χ4n) is 2.79. The molecule has 4 heteroatoms. The summed E-state index contributed by atoms with van der Waals surface area (Å²) in [4.78, 5) is 2.49. The van der Waals surface area contributed by atoms with Crippen LogP contribution >= 0.6 is 9.39 Å². The Hall–Kier alpha value is -0.630. The first kappa shape index (κ1) is 20.4. The maximum absolute atomic E-state index is 3.86. The average Bonchev–Trinajstić information content (AvgIpc) is 2.57. The van der Waals surface area contributed by atoms with Crippen LogP contribution in [0.4, 0.5) is 5.69 Å². The Morgan fingerprint density at radius 2 is 1.48 bits per heavy atom. The zero-order chi connectivity index (χ0) is 17.5. The number of hydrogen-bond donors (Lipinski definition) is 2. The molecule has 1 aliphatic rings. The number of nitrogens with one attached hydrogen (secondary N) is 2. The Bertz CT molecular complexity index is 437. The van der Waals surface area contributed by atoms with E-state index in [1.165, 1.54) is 18.5 Å². The summed E-state index contributed by atoms with van der Waals surface area (Å²) < 4.78 is 0. The lowest BCUT2D eigenvalue weighted by molar-refractivity contribution is 0.191. The highest BCUT2D eigenvalue weighted by molar-refractivity contribution is 7.13. The van der Waals surface area contributed by atoms with Gasteiger partial charge in [-0.25, -0.2) is 0 Å². The summed E-state index contributed by atoms with van der Waals surface area (Å²) in [6.45, 7) is 15.3. The second-order valence-corrected chi connectivity index (χ2v) is 7.42. The molecule has 1 saturated heterocycles. The van der Waals surface area contributed by atoms with E-state index >= 15 is 0 Å². The quantitative estimate of drug-likeness (QED) is 0.788. The van der Waals surface area contributed by atoms with Gasteiger partial charge in [0.15, 0.2) is 0 Å². The molecule has 0 spiro atoms. The predicted octanol–water partition coefficient (Wildman–Crippen LogP) is 4.21. The van der Waals surface area contributed by atoms with E-state index in [1.54, 1.807) is 0 Å². The van der Waals surface area contributed by atoms with Crippen molar-refractivity contribution in [1.29, 1.82) is 0 Å². The highest BCUT2D eigenvalue weighted by atomic mass is 31.0. The van der Waals surface area contributed by atoms with Crippen LogP contribution < -0.4 is 15.3 Å². The van der Waals surface area contributed by atoms with Crippen molar-refractivity contribution in [2.45, 2.75) is 71.5 Å². The van der Waals surface area contributed by atoms with E-state index in [4.69, 9.17) is 0 Å². The minimum atomic E-state index is 0.0359. The predicted molar refractivity (Wildman–Crippen MR) is 107 cm³/mol. The molecule has 1 unspecified atom stereocenters. The van der Waals surface area contributed by atoms with Gasteiger partial charge < -0.3 is 10.2 Å². The summed E-state index contributed by atoms with van der Waals surface area (Å²) in [5, 5.41) is 7.21. The molecule has 0 saturated carbocycles. The summed E-state index contributed by atoms with van der Waals surface area (Å²) in [6, 6.07) is 11.3. The van der Waals surface area contributed by atoms with E-state index in [-0.39, 0.29) is 11.1 Å². The van der Waals surface area contributed by atoms with Crippen molar-refractivity contribution in [3.8, 4) is 0 Å². The maximum Gasteiger partial charge on any atom is 0.0366 e. The second kappa shape index (κ2) is 9.01. The molecule has 1 aromatic carbocycles. The first-order valence-corrected chi connectivity index (χ1v) is 9.49. The molecule has 132 valence electrons. The molecule has 0 amide bonds. The van der Waals surface area contributed by atoms with Gasteiger partial charge in [-0.1, -0.05) is 41.4 Å². The molecule has 0 aliphatic carbocycles. The smallest absolute Gasteiger partial charge is 0.0366 e. The van der Waals surface area contributed by atoms with Crippen molar-refractivity contribution in [2.24, 2.45) is 0 Å². The summed E-state index contributed by atoms with van der Waals surface area (Å²) >= 11 is 0. The largest absolute Gasteiger partial charge is 0.371 e. The van der Waals surface area contributed by atoms with E-state index in [9.17, 15) is 0 Å². The maximum atomic E-state index is 3.86.